The lowest BCUT2D eigenvalue weighted by Gasteiger charge is -2.40. The predicted molar refractivity (Wildman–Crippen MR) is 101 cm³/mol. The summed E-state index contributed by atoms with van der Waals surface area (Å²) in [7, 11) is -1.52. The molecule has 2 nitrogen and oxygen atoms in total. The first-order valence-corrected chi connectivity index (χ1v) is 12.0. The first-order valence-electron chi connectivity index (χ1n) is 9.50. The lowest BCUT2D eigenvalue weighted by Crippen LogP contribution is -2.43. The second-order valence-corrected chi connectivity index (χ2v) is 12.6. The Hall–Kier alpha value is 0.137. The Balaban J connectivity index is 5.15. The van der Waals surface area contributed by atoms with E-state index in [-0.39, 0.29) is 5.41 Å². The van der Waals surface area contributed by atoms with Gasteiger partial charge in [0.15, 0.2) is 8.32 Å². The SMILES string of the molecule is CCOCC(CO[Si](CC)(CC)CC)(CC(C)C)CC(C)C. The Morgan fingerprint density at radius 1 is 0.773 bits per heavy atom. The molecule has 0 N–H and O–H groups in total. The van der Waals surface area contributed by atoms with Crippen LogP contribution in [0.15, 0.2) is 0 Å². The molecule has 0 fully saturated rings. The van der Waals surface area contributed by atoms with Crippen molar-refractivity contribution in [1.82, 2.24) is 0 Å². The van der Waals surface area contributed by atoms with Crippen LogP contribution in [0.3, 0.4) is 0 Å². The van der Waals surface area contributed by atoms with Crippen molar-refractivity contribution < 1.29 is 9.16 Å². The monoisotopic (exact) mass is 330 g/mol. The molecule has 0 bridgehead atoms. The van der Waals surface area contributed by atoms with Crippen molar-refractivity contribution in [2.75, 3.05) is 19.8 Å². The van der Waals surface area contributed by atoms with E-state index >= 15 is 0 Å². The van der Waals surface area contributed by atoms with Crippen molar-refractivity contribution in [2.45, 2.75) is 86.4 Å². The Morgan fingerprint density at radius 3 is 1.55 bits per heavy atom. The summed E-state index contributed by atoms with van der Waals surface area (Å²) < 4.78 is 12.6. The molecule has 0 amide bonds. The maximum absolute atomic E-state index is 6.70. The molecule has 0 aromatic rings. The van der Waals surface area contributed by atoms with Gasteiger partial charge in [0.2, 0.25) is 0 Å². The zero-order valence-corrected chi connectivity index (χ0v) is 17.6. The summed E-state index contributed by atoms with van der Waals surface area (Å²) in [6.07, 6.45) is 2.40. The van der Waals surface area contributed by atoms with E-state index in [0.29, 0.717) is 11.8 Å². The molecule has 0 aliphatic carbocycles. The number of hydrogen-bond donors (Lipinski definition) is 0. The minimum atomic E-state index is -1.52. The van der Waals surface area contributed by atoms with Crippen LogP contribution in [0.2, 0.25) is 18.1 Å². The maximum Gasteiger partial charge on any atom is 0.192 e. The third kappa shape index (κ3) is 7.61. The molecule has 0 heterocycles. The molecule has 134 valence electrons. The van der Waals surface area contributed by atoms with E-state index in [1.807, 2.05) is 0 Å². The average Bonchev–Trinajstić information content (AvgIpc) is 2.46. The number of rotatable bonds is 13. The highest BCUT2D eigenvalue weighted by Crippen LogP contribution is 2.37. The molecule has 3 heteroatoms. The van der Waals surface area contributed by atoms with Crippen LogP contribution in [0.1, 0.15) is 68.2 Å². The van der Waals surface area contributed by atoms with Gasteiger partial charge in [-0.1, -0.05) is 48.5 Å². The van der Waals surface area contributed by atoms with Crippen molar-refractivity contribution in [2.24, 2.45) is 17.3 Å². The lowest BCUT2D eigenvalue weighted by atomic mass is 9.75. The lowest BCUT2D eigenvalue weighted by molar-refractivity contribution is -0.0109. The van der Waals surface area contributed by atoms with Gasteiger partial charge in [0.25, 0.3) is 0 Å². The van der Waals surface area contributed by atoms with Gasteiger partial charge in [0.05, 0.1) is 6.61 Å². The fourth-order valence-electron chi connectivity index (χ4n) is 3.77. The van der Waals surface area contributed by atoms with E-state index < -0.39 is 8.32 Å². The molecule has 0 aliphatic rings. The van der Waals surface area contributed by atoms with E-state index in [1.165, 1.54) is 31.0 Å². The second-order valence-electron chi connectivity index (χ2n) is 7.87. The topological polar surface area (TPSA) is 18.5 Å². The number of hydrogen-bond acceptors (Lipinski definition) is 2. The first kappa shape index (κ1) is 22.1. The number of ether oxygens (including phenoxy) is 1. The van der Waals surface area contributed by atoms with Crippen LogP contribution in [-0.2, 0) is 9.16 Å². The van der Waals surface area contributed by atoms with Crippen molar-refractivity contribution in [3.05, 3.63) is 0 Å². The molecule has 0 aromatic carbocycles. The van der Waals surface area contributed by atoms with E-state index in [1.54, 1.807) is 0 Å². The Morgan fingerprint density at radius 2 is 1.23 bits per heavy atom. The molecular formula is C19H42O2Si. The van der Waals surface area contributed by atoms with Gasteiger partial charge in [-0.2, -0.15) is 0 Å². The van der Waals surface area contributed by atoms with Crippen molar-refractivity contribution >= 4 is 8.32 Å². The quantitative estimate of drug-likeness (QED) is 0.378. The first-order chi connectivity index (χ1) is 10.3. The fraction of sp³-hybridized carbons (Fsp3) is 1.00. The largest absolute Gasteiger partial charge is 0.416 e. The molecule has 0 atom stereocenters. The zero-order valence-electron chi connectivity index (χ0n) is 16.6. The standard InChI is InChI=1S/C19H42O2Si/c1-9-20-15-19(13-17(5)6,14-18(7)8)16-21-22(10-2,11-3)12-4/h17-18H,9-16H2,1-8H3. The van der Waals surface area contributed by atoms with Crippen LogP contribution in [-0.4, -0.2) is 28.1 Å². The molecule has 0 spiro atoms. The predicted octanol–water partition coefficient (Wildman–Crippen LogP) is 6.12. The van der Waals surface area contributed by atoms with Crippen LogP contribution in [0, 0.1) is 17.3 Å². The van der Waals surface area contributed by atoms with E-state index in [9.17, 15) is 0 Å². The van der Waals surface area contributed by atoms with Gasteiger partial charge in [-0.3, -0.25) is 0 Å². The summed E-state index contributed by atoms with van der Waals surface area (Å²) >= 11 is 0. The summed E-state index contributed by atoms with van der Waals surface area (Å²) in [5.41, 5.74) is 0.191. The highest BCUT2D eigenvalue weighted by molar-refractivity contribution is 6.73. The molecule has 0 saturated heterocycles. The highest BCUT2D eigenvalue weighted by atomic mass is 28.4. The zero-order chi connectivity index (χ0) is 17.2. The molecule has 22 heavy (non-hydrogen) atoms. The fourth-order valence-corrected chi connectivity index (χ4v) is 6.50. The molecular weight excluding hydrogens is 288 g/mol. The third-order valence-electron chi connectivity index (χ3n) is 4.91. The summed E-state index contributed by atoms with van der Waals surface area (Å²) in [5, 5.41) is 0. The molecule has 0 saturated carbocycles. The maximum atomic E-state index is 6.70. The Kier molecular flexibility index (Phi) is 10.9. The van der Waals surface area contributed by atoms with Gasteiger partial charge in [-0.15, -0.1) is 0 Å². The third-order valence-corrected chi connectivity index (χ3v) is 9.54. The normalized spacial score (nSPS) is 13.4. The van der Waals surface area contributed by atoms with Crippen molar-refractivity contribution in [3.63, 3.8) is 0 Å². The molecule has 0 radical (unpaired) electrons. The highest BCUT2D eigenvalue weighted by Gasteiger charge is 2.37. The molecule has 0 unspecified atom stereocenters. The van der Waals surface area contributed by atoms with Gasteiger partial charge >= 0.3 is 0 Å². The summed E-state index contributed by atoms with van der Waals surface area (Å²) in [6.45, 7) is 20.9. The van der Waals surface area contributed by atoms with Gasteiger partial charge in [0, 0.05) is 18.6 Å². The van der Waals surface area contributed by atoms with E-state index in [0.717, 1.165) is 19.8 Å². The van der Waals surface area contributed by atoms with E-state index in [4.69, 9.17) is 9.16 Å². The van der Waals surface area contributed by atoms with Crippen LogP contribution >= 0.6 is 0 Å². The molecule has 0 rings (SSSR count). The Bertz CT molecular complexity index is 254. The van der Waals surface area contributed by atoms with Crippen LogP contribution in [0.5, 0.6) is 0 Å². The summed E-state index contributed by atoms with van der Waals surface area (Å²) in [4.78, 5) is 0. The Labute approximate surface area is 141 Å². The summed E-state index contributed by atoms with van der Waals surface area (Å²) in [6, 6.07) is 3.69. The smallest absolute Gasteiger partial charge is 0.192 e. The van der Waals surface area contributed by atoms with Gasteiger partial charge < -0.3 is 9.16 Å². The minimum absolute atomic E-state index is 0.191. The summed E-state index contributed by atoms with van der Waals surface area (Å²) in [5.74, 6) is 1.37. The van der Waals surface area contributed by atoms with Gasteiger partial charge in [0.1, 0.15) is 0 Å². The van der Waals surface area contributed by atoms with Crippen LogP contribution < -0.4 is 0 Å². The van der Waals surface area contributed by atoms with Crippen molar-refractivity contribution in [1.29, 1.82) is 0 Å². The molecule has 0 aromatic heterocycles. The minimum Gasteiger partial charge on any atom is -0.416 e. The second kappa shape index (κ2) is 10.8. The van der Waals surface area contributed by atoms with Crippen molar-refractivity contribution in [3.8, 4) is 0 Å². The molecule has 0 aliphatic heterocycles. The average molecular weight is 331 g/mol. The van der Waals surface area contributed by atoms with E-state index in [2.05, 4.69) is 55.4 Å². The van der Waals surface area contributed by atoms with Crippen LogP contribution in [0.4, 0.5) is 0 Å². The van der Waals surface area contributed by atoms with Gasteiger partial charge in [-0.25, -0.2) is 0 Å². The van der Waals surface area contributed by atoms with Gasteiger partial charge in [-0.05, 0) is 49.7 Å². The van der Waals surface area contributed by atoms with Crippen LogP contribution in [0.25, 0.3) is 0 Å².